The summed E-state index contributed by atoms with van der Waals surface area (Å²) in [7, 11) is -3.72. The zero-order chi connectivity index (χ0) is 16.3. The quantitative estimate of drug-likeness (QED) is 0.775. The molecule has 23 heavy (non-hydrogen) atoms. The van der Waals surface area contributed by atoms with Crippen LogP contribution in [0.4, 0.5) is 5.88 Å². The highest BCUT2D eigenvalue weighted by atomic mass is 32.2. The van der Waals surface area contributed by atoms with Gasteiger partial charge < -0.3 is 4.52 Å². The topological polar surface area (TPSA) is 72.2 Å². The average Bonchev–Trinajstić information content (AvgIpc) is 2.98. The summed E-state index contributed by atoms with van der Waals surface area (Å²) >= 11 is 0. The molecule has 0 saturated heterocycles. The smallest absolute Gasteiger partial charge is 0.264 e. The summed E-state index contributed by atoms with van der Waals surface area (Å²) in [6.07, 6.45) is 0.640. The lowest BCUT2D eigenvalue weighted by Gasteiger charge is -2.07. The number of hydrogen-bond donors (Lipinski definition) is 1. The zero-order valence-electron chi connectivity index (χ0n) is 12.6. The van der Waals surface area contributed by atoms with Crippen molar-refractivity contribution in [3.63, 3.8) is 0 Å². The minimum atomic E-state index is -3.72. The number of sulfonamides is 1. The monoisotopic (exact) mass is 328 g/mol. The zero-order valence-corrected chi connectivity index (χ0v) is 13.4. The highest BCUT2D eigenvalue weighted by Crippen LogP contribution is 2.33. The molecule has 3 rings (SSSR count). The van der Waals surface area contributed by atoms with E-state index in [9.17, 15) is 8.42 Å². The Kier molecular flexibility index (Phi) is 4.16. The molecule has 0 atom stereocenters. The van der Waals surface area contributed by atoms with Crippen LogP contribution in [0.1, 0.15) is 12.6 Å². The number of aryl methyl sites for hydroxylation is 1. The van der Waals surface area contributed by atoms with E-state index in [1.165, 1.54) is 12.1 Å². The van der Waals surface area contributed by atoms with Gasteiger partial charge in [-0.3, -0.25) is 0 Å². The van der Waals surface area contributed by atoms with Gasteiger partial charge in [0.25, 0.3) is 10.0 Å². The third kappa shape index (κ3) is 3.12. The molecule has 118 valence electrons. The molecule has 0 spiro atoms. The molecule has 0 amide bonds. The van der Waals surface area contributed by atoms with Crippen LogP contribution < -0.4 is 4.72 Å². The van der Waals surface area contributed by atoms with Crippen LogP contribution in [0.3, 0.4) is 0 Å². The molecule has 5 nitrogen and oxygen atoms in total. The van der Waals surface area contributed by atoms with Crippen molar-refractivity contribution in [2.24, 2.45) is 0 Å². The van der Waals surface area contributed by atoms with Gasteiger partial charge in [-0.2, -0.15) is 0 Å². The Morgan fingerprint density at radius 2 is 1.61 bits per heavy atom. The molecular weight excluding hydrogens is 312 g/mol. The summed E-state index contributed by atoms with van der Waals surface area (Å²) in [6, 6.07) is 17.6. The fourth-order valence-corrected chi connectivity index (χ4v) is 3.33. The minimum Gasteiger partial charge on any atom is -0.337 e. The van der Waals surface area contributed by atoms with Crippen molar-refractivity contribution in [1.82, 2.24) is 5.16 Å². The maximum absolute atomic E-state index is 12.5. The fraction of sp³-hybridized carbons (Fsp3) is 0.118. The van der Waals surface area contributed by atoms with E-state index in [-0.39, 0.29) is 10.8 Å². The highest BCUT2D eigenvalue weighted by molar-refractivity contribution is 7.92. The fourth-order valence-electron chi connectivity index (χ4n) is 2.32. The summed E-state index contributed by atoms with van der Waals surface area (Å²) < 4.78 is 32.7. The molecule has 1 heterocycles. The van der Waals surface area contributed by atoms with Gasteiger partial charge in [-0.05, 0) is 24.1 Å². The lowest BCUT2D eigenvalue weighted by Crippen LogP contribution is -2.13. The minimum absolute atomic E-state index is 0.136. The maximum atomic E-state index is 12.5. The van der Waals surface area contributed by atoms with Gasteiger partial charge in [-0.25, -0.2) is 13.1 Å². The van der Waals surface area contributed by atoms with Crippen molar-refractivity contribution in [3.05, 3.63) is 66.4 Å². The van der Waals surface area contributed by atoms with Crippen LogP contribution in [0.15, 0.2) is 70.1 Å². The van der Waals surface area contributed by atoms with Gasteiger partial charge in [0.05, 0.1) is 16.2 Å². The van der Waals surface area contributed by atoms with Crippen molar-refractivity contribution < 1.29 is 12.9 Å². The van der Waals surface area contributed by atoms with Gasteiger partial charge in [-0.15, -0.1) is 0 Å². The van der Waals surface area contributed by atoms with E-state index in [1.807, 2.05) is 37.3 Å². The van der Waals surface area contributed by atoms with Crippen molar-refractivity contribution in [1.29, 1.82) is 0 Å². The normalized spacial score (nSPS) is 11.3. The second-order valence-electron chi connectivity index (χ2n) is 4.97. The third-order valence-electron chi connectivity index (χ3n) is 3.44. The molecule has 1 aromatic heterocycles. The highest BCUT2D eigenvalue weighted by Gasteiger charge is 2.22. The van der Waals surface area contributed by atoms with Crippen molar-refractivity contribution in [2.75, 3.05) is 4.72 Å². The van der Waals surface area contributed by atoms with Crippen LogP contribution in [-0.4, -0.2) is 13.6 Å². The maximum Gasteiger partial charge on any atom is 0.264 e. The van der Waals surface area contributed by atoms with Crippen LogP contribution in [-0.2, 0) is 16.4 Å². The Bertz CT molecular complexity index is 888. The first-order valence-electron chi connectivity index (χ1n) is 7.23. The Labute approximate surface area is 135 Å². The molecule has 1 N–H and O–H groups in total. The first-order chi connectivity index (χ1) is 11.1. The molecule has 0 radical (unpaired) electrons. The molecule has 0 fully saturated rings. The van der Waals surface area contributed by atoms with E-state index in [4.69, 9.17) is 4.52 Å². The van der Waals surface area contributed by atoms with Gasteiger partial charge in [0.15, 0.2) is 0 Å². The molecule has 0 aliphatic carbocycles. The molecule has 2 aromatic carbocycles. The van der Waals surface area contributed by atoms with Gasteiger partial charge in [0, 0.05) is 0 Å². The molecule has 0 unspecified atom stereocenters. The molecule has 0 aliphatic rings. The van der Waals surface area contributed by atoms with Gasteiger partial charge in [-0.1, -0.05) is 60.6 Å². The lowest BCUT2D eigenvalue weighted by molar-refractivity contribution is 0.427. The van der Waals surface area contributed by atoms with E-state index >= 15 is 0 Å². The van der Waals surface area contributed by atoms with Crippen molar-refractivity contribution >= 4 is 15.9 Å². The number of rotatable bonds is 5. The summed E-state index contributed by atoms with van der Waals surface area (Å²) in [5.41, 5.74) is 2.24. The van der Waals surface area contributed by atoms with Gasteiger partial charge >= 0.3 is 0 Å². The first-order valence-corrected chi connectivity index (χ1v) is 8.72. The SMILES string of the molecule is CCc1noc(NS(=O)(=O)c2ccccc2)c1-c1ccccc1. The van der Waals surface area contributed by atoms with Gasteiger partial charge in [0.2, 0.25) is 5.88 Å². The number of anilines is 1. The predicted octanol–water partition coefficient (Wildman–Crippen LogP) is 3.70. The largest absolute Gasteiger partial charge is 0.337 e. The second-order valence-corrected chi connectivity index (χ2v) is 6.65. The Balaban J connectivity index is 2.04. The number of hydrogen-bond acceptors (Lipinski definition) is 4. The molecular formula is C17H16N2O3S. The van der Waals surface area contributed by atoms with E-state index in [2.05, 4.69) is 9.88 Å². The third-order valence-corrected chi connectivity index (χ3v) is 4.79. The summed E-state index contributed by atoms with van der Waals surface area (Å²) in [5, 5.41) is 3.99. The summed E-state index contributed by atoms with van der Waals surface area (Å²) in [6.45, 7) is 1.94. The molecule has 3 aromatic rings. The summed E-state index contributed by atoms with van der Waals surface area (Å²) in [4.78, 5) is 0.175. The predicted molar refractivity (Wildman–Crippen MR) is 88.6 cm³/mol. The van der Waals surface area contributed by atoms with E-state index in [1.54, 1.807) is 18.2 Å². The van der Waals surface area contributed by atoms with Crippen LogP contribution in [0.2, 0.25) is 0 Å². The standard InChI is InChI=1S/C17H16N2O3S/c1-2-15-16(13-9-5-3-6-10-13)17(22-18-15)19-23(20,21)14-11-7-4-8-12-14/h3-12,19H,2H2,1H3. The lowest BCUT2D eigenvalue weighted by atomic mass is 10.0. The Hall–Kier alpha value is -2.60. The summed E-state index contributed by atoms with van der Waals surface area (Å²) in [5.74, 6) is 0.136. The average molecular weight is 328 g/mol. The van der Waals surface area contributed by atoms with Crippen molar-refractivity contribution in [2.45, 2.75) is 18.2 Å². The van der Waals surface area contributed by atoms with Crippen LogP contribution >= 0.6 is 0 Å². The second kappa shape index (κ2) is 6.26. The van der Waals surface area contributed by atoms with E-state index in [0.29, 0.717) is 17.7 Å². The Morgan fingerprint density at radius 3 is 2.22 bits per heavy atom. The van der Waals surface area contributed by atoms with E-state index < -0.39 is 10.0 Å². The molecule has 0 aliphatic heterocycles. The number of nitrogens with one attached hydrogen (secondary N) is 1. The van der Waals surface area contributed by atoms with E-state index in [0.717, 1.165) is 5.56 Å². The Morgan fingerprint density at radius 1 is 1.00 bits per heavy atom. The number of benzene rings is 2. The molecule has 0 bridgehead atoms. The van der Waals surface area contributed by atoms with Crippen molar-refractivity contribution in [3.8, 4) is 11.1 Å². The van der Waals surface area contributed by atoms with Crippen LogP contribution in [0.25, 0.3) is 11.1 Å². The number of aromatic nitrogens is 1. The van der Waals surface area contributed by atoms with Crippen LogP contribution in [0.5, 0.6) is 0 Å². The van der Waals surface area contributed by atoms with Crippen LogP contribution in [0, 0.1) is 0 Å². The number of nitrogens with zero attached hydrogens (tertiary/aromatic N) is 1. The molecule has 6 heteroatoms. The van der Waals surface area contributed by atoms with Gasteiger partial charge in [0.1, 0.15) is 0 Å². The first kappa shape index (κ1) is 15.3. The molecule has 0 saturated carbocycles.